The Hall–Kier alpha value is -1.87. The van der Waals surface area contributed by atoms with Crippen LogP contribution in [0.4, 0.5) is 5.82 Å². The second-order valence-electron chi connectivity index (χ2n) is 3.47. The van der Waals surface area contributed by atoms with Crippen molar-refractivity contribution < 1.29 is 0 Å². The average molecular weight is 246 g/mol. The van der Waals surface area contributed by atoms with E-state index in [2.05, 4.69) is 15.3 Å². The number of rotatable bonds is 3. The van der Waals surface area contributed by atoms with E-state index in [9.17, 15) is 0 Å². The van der Waals surface area contributed by atoms with Gasteiger partial charge in [0, 0.05) is 18.1 Å². The minimum absolute atomic E-state index is 0.728. The molecule has 0 aliphatic rings. The molecule has 86 valence electrons. The van der Waals surface area contributed by atoms with E-state index in [1.54, 1.807) is 0 Å². The number of halogens is 1. The van der Waals surface area contributed by atoms with Crippen molar-refractivity contribution in [2.75, 3.05) is 12.4 Å². The summed E-state index contributed by atoms with van der Waals surface area (Å²) >= 11 is 5.90. The van der Waals surface area contributed by atoms with Gasteiger partial charge in [-0.05, 0) is 23.8 Å². The van der Waals surface area contributed by atoms with Gasteiger partial charge in [0.1, 0.15) is 12.1 Å². The van der Waals surface area contributed by atoms with Gasteiger partial charge in [-0.25, -0.2) is 9.97 Å². The average Bonchev–Trinajstić information content (AvgIpc) is 2.37. The van der Waals surface area contributed by atoms with E-state index in [-0.39, 0.29) is 0 Å². The van der Waals surface area contributed by atoms with Crippen LogP contribution in [0.1, 0.15) is 11.3 Å². The van der Waals surface area contributed by atoms with Crippen molar-refractivity contribution in [1.82, 2.24) is 9.97 Å². The Morgan fingerprint density at radius 3 is 2.82 bits per heavy atom. The van der Waals surface area contributed by atoms with Crippen molar-refractivity contribution in [3.05, 3.63) is 52.9 Å². The quantitative estimate of drug-likeness (QED) is 0.901. The van der Waals surface area contributed by atoms with Gasteiger partial charge in [0.05, 0.1) is 5.69 Å². The van der Waals surface area contributed by atoms with E-state index in [0.29, 0.717) is 0 Å². The van der Waals surface area contributed by atoms with Crippen LogP contribution >= 0.6 is 11.6 Å². The normalized spacial score (nSPS) is 10.7. The van der Waals surface area contributed by atoms with Crippen molar-refractivity contribution in [2.45, 2.75) is 0 Å². The van der Waals surface area contributed by atoms with Gasteiger partial charge in [0.15, 0.2) is 0 Å². The van der Waals surface area contributed by atoms with Crippen LogP contribution in [0, 0.1) is 0 Å². The van der Waals surface area contributed by atoms with Crippen LogP contribution in [-0.2, 0) is 0 Å². The highest BCUT2D eigenvalue weighted by Gasteiger charge is 1.93. The summed E-state index contributed by atoms with van der Waals surface area (Å²) in [5.41, 5.74) is 1.89. The summed E-state index contributed by atoms with van der Waals surface area (Å²) < 4.78 is 0. The molecule has 0 spiro atoms. The zero-order valence-electron chi connectivity index (χ0n) is 9.39. The van der Waals surface area contributed by atoms with E-state index < -0.39 is 0 Å². The SMILES string of the molecule is CNc1cc(/C=C/c2cccc(Cl)c2)ncn1. The number of hydrogen-bond acceptors (Lipinski definition) is 3. The Balaban J connectivity index is 2.19. The maximum atomic E-state index is 5.90. The fourth-order valence-electron chi connectivity index (χ4n) is 1.39. The number of benzene rings is 1. The van der Waals surface area contributed by atoms with Gasteiger partial charge >= 0.3 is 0 Å². The molecule has 0 amide bonds. The molecule has 0 fully saturated rings. The van der Waals surface area contributed by atoms with E-state index in [1.165, 1.54) is 6.33 Å². The Kier molecular flexibility index (Phi) is 3.73. The predicted octanol–water partition coefficient (Wildman–Crippen LogP) is 3.34. The lowest BCUT2D eigenvalue weighted by Crippen LogP contribution is -1.93. The summed E-state index contributed by atoms with van der Waals surface area (Å²) in [6.45, 7) is 0. The highest BCUT2D eigenvalue weighted by Crippen LogP contribution is 2.13. The number of hydrogen-bond donors (Lipinski definition) is 1. The summed E-state index contributed by atoms with van der Waals surface area (Å²) in [5.74, 6) is 0.797. The van der Waals surface area contributed by atoms with Crippen LogP contribution in [0.15, 0.2) is 36.7 Å². The molecule has 0 saturated heterocycles. The third-order valence-corrected chi connectivity index (χ3v) is 2.47. The van der Waals surface area contributed by atoms with Crippen LogP contribution < -0.4 is 5.32 Å². The minimum Gasteiger partial charge on any atom is -0.373 e. The van der Waals surface area contributed by atoms with Gasteiger partial charge in [-0.15, -0.1) is 0 Å². The molecule has 1 N–H and O–H groups in total. The number of nitrogens with zero attached hydrogens (tertiary/aromatic N) is 2. The van der Waals surface area contributed by atoms with Crippen LogP contribution in [-0.4, -0.2) is 17.0 Å². The van der Waals surface area contributed by atoms with Crippen molar-refractivity contribution in [3.8, 4) is 0 Å². The Morgan fingerprint density at radius 2 is 2.06 bits per heavy atom. The van der Waals surface area contributed by atoms with Gasteiger partial charge in [-0.1, -0.05) is 29.8 Å². The molecule has 0 aliphatic heterocycles. The summed E-state index contributed by atoms with van der Waals surface area (Å²) in [5, 5.41) is 3.70. The van der Waals surface area contributed by atoms with E-state index in [4.69, 9.17) is 11.6 Å². The third kappa shape index (κ3) is 3.29. The van der Waals surface area contributed by atoms with Crippen LogP contribution in [0.2, 0.25) is 5.02 Å². The molecule has 0 bridgehead atoms. The molecule has 4 heteroatoms. The molecule has 0 radical (unpaired) electrons. The lowest BCUT2D eigenvalue weighted by Gasteiger charge is -1.98. The zero-order chi connectivity index (χ0) is 12.1. The van der Waals surface area contributed by atoms with Crippen molar-refractivity contribution in [2.24, 2.45) is 0 Å². The second kappa shape index (κ2) is 5.46. The Bertz CT molecular complexity index is 538. The van der Waals surface area contributed by atoms with Gasteiger partial charge in [-0.2, -0.15) is 0 Å². The van der Waals surface area contributed by atoms with Gasteiger partial charge < -0.3 is 5.32 Å². The predicted molar refractivity (Wildman–Crippen MR) is 72.0 cm³/mol. The molecule has 3 nitrogen and oxygen atoms in total. The molecule has 2 rings (SSSR count). The molecule has 1 heterocycles. The largest absolute Gasteiger partial charge is 0.373 e. The van der Waals surface area contributed by atoms with Crippen molar-refractivity contribution in [1.29, 1.82) is 0 Å². The van der Waals surface area contributed by atoms with Crippen LogP contribution in [0.25, 0.3) is 12.2 Å². The summed E-state index contributed by atoms with van der Waals surface area (Å²) in [4.78, 5) is 8.20. The monoisotopic (exact) mass is 245 g/mol. The minimum atomic E-state index is 0.728. The molecule has 1 aromatic heterocycles. The fourth-order valence-corrected chi connectivity index (χ4v) is 1.59. The first kappa shape index (κ1) is 11.6. The summed E-state index contributed by atoms with van der Waals surface area (Å²) in [7, 11) is 1.83. The lowest BCUT2D eigenvalue weighted by atomic mass is 10.2. The number of aromatic nitrogens is 2. The van der Waals surface area contributed by atoms with Crippen LogP contribution in [0.5, 0.6) is 0 Å². The summed E-state index contributed by atoms with van der Waals surface area (Å²) in [6.07, 6.45) is 5.42. The molecule has 17 heavy (non-hydrogen) atoms. The molecule has 0 saturated carbocycles. The topological polar surface area (TPSA) is 37.8 Å². The molecule has 1 aromatic carbocycles. The first-order valence-electron chi connectivity index (χ1n) is 5.21. The molecule has 2 aromatic rings. The lowest BCUT2D eigenvalue weighted by molar-refractivity contribution is 1.14. The van der Waals surface area contributed by atoms with Gasteiger partial charge in [-0.3, -0.25) is 0 Å². The van der Waals surface area contributed by atoms with Crippen LogP contribution in [0.3, 0.4) is 0 Å². The van der Waals surface area contributed by atoms with Gasteiger partial charge in [0.2, 0.25) is 0 Å². The molecule has 0 atom stereocenters. The first-order chi connectivity index (χ1) is 8.28. The van der Waals surface area contributed by atoms with Gasteiger partial charge in [0.25, 0.3) is 0 Å². The smallest absolute Gasteiger partial charge is 0.129 e. The zero-order valence-corrected chi connectivity index (χ0v) is 10.1. The number of nitrogens with one attached hydrogen (secondary N) is 1. The third-order valence-electron chi connectivity index (χ3n) is 2.24. The maximum absolute atomic E-state index is 5.90. The second-order valence-corrected chi connectivity index (χ2v) is 3.90. The first-order valence-corrected chi connectivity index (χ1v) is 5.59. The maximum Gasteiger partial charge on any atom is 0.129 e. The van der Waals surface area contributed by atoms with E-state index in [1.807, 2.05) is 49.5 Å². The molecule has 0 unspecified atom stereocenters. The molecular formula is C13H12ClN3. The van der Waals surface area contributed by atoms with E-state index >= 15 is 0 Å². The highest BCUT2D eigenvalue weighted by molar-refractivity contribution is 6.30. The van der Waals surface area contributed by atoms with Crippen molar-refractivity contribution in [3.63, 3.8) is 0 Å². The Morgan fingerprint density at radius 1 is 1.18 bits per heavy atom. The fraction of sp³-hybridized carbons (Fsp3) is 0.0769. The van der Waals surface area contributed by atoms with Crippen molar-refractivity contribution >= 4 is 29.6 Å². The molecular weight excluding hydrogens is 234 g/mol. The Labute approximate surface area is 105 Å². The highest BCUT2D eigenvalue weighted by atomic mass is 35.5. The van der Waals surface area contributed by atoms with E-state index in [0.717, 1.165) is 22.1 Å². The number of anilines is 1. The molecule has 0 aliphatic carbocycles. The summed E-state index contributed by atoms with van der Waals surface area (Å²) in [6, 6.07) is 9.53. The standard InChI is InChI=1S/C13H12ClN3/c1-15-13-8-12(16-9-17-13)6-5-10-3-2-4-11(14)7-10/h2-9H,1H3,(H,15,16,17)/b6-5+.